The number of fused-ring (bicyclic) bond motifs is 1. The van der Waals surface area contributed by atoms with Gasteiger partial charge in [-0.05, 0) is 55.8 Å². The molecule has 174 valence electrons. The zero-order valence-corrected chi connectivity index (χ0v) is 18.3. The van der Waals surface area contributed by atoms with Crippen molar-refractivity contribution in [1.82, 2.24) is 19.9 Å². The van der Waals surface area contributed by atoms with Crippen molar-refractivity contribution in [2.75, 3.05) is 18.4 Å². The summed E-state index contributed by atoms with van der Waals surface area (Å²) in [7, 11) is 0. The van der Waals surface area contributed by atoms with Crippen LogP contribution in [0.4, 0.5) is 19.1 Å². The number of nitrogens with zero attached hydrogens (tertiary/aromatic N) is 3. The third kappa shape index (κ3) is 4.34. The summed E-state index contributed by atoms with van der Waals surface area (Å²) in [6, 6.07) is 9.93. The summed E-state index contributed by atoms with van der Waals surface area (Å²) in [6.45, 7) is 3.69. The molecule has 34 heavy (non-hydrogen) atoms. The van der Waals surface area contributed by atoms with Gasteiger partial charge in [-0.1, -0.05) is 6.07 Å². The van der Waals surface area contributed by atoms with E-state index in [2.05, 4.69) is 20.6 Å². The molecule has 2 N–H and O–H groups in total. The van der Waals surface area contributed by atoms with Crippen LogP contribution in [-0.4, -0.2) is 33.5 Å². The standard InChI is InChI=1S/C24H20F3N5O2/c1-3-28-19(33)12-29-24-30-21(15-8-7-14(25)11-13(15)2)16-9-10-20(34)32(23(16)31-24)22-17(26)5-4-6-18(22)27/h4-11H,3,12H2,1-2H3,(H,28,33)(H,29,30,31). The normalized spacial score (nSPS) is 11.0. The van der Waals surface area contributed by atoms with Gasteiger partial charge in [0.1, 0.15) is 23.1 Å². The SMILES string of the molecule is CCNC(=O)CNc1nc(-c2ccc(F)cc2C)c2ccc(=O)n(-c3c(F)cccc3F)c2n1. The number of para-hydroxylation sites is 1. The maximum Gasteiger partial charge on any atom is 0.256 e. The number of carbonyl (C=O) groups excluding carboxylic acids is 1. The molecule has 0 atom stereocenters. The molecular formula is C24H20F3N5O2. The summed E-state index contributed by atoms with van der Waals surface area (Å²) in [5.74, 6) is -2.72. The highest BCUT2D eigenvalue weighted by atomic mass is 19.1. The Labute approximate surface area is 192 Å². The minimum absolute atomic E-state index is 0.0476. The van der Waals surface area contributed by atoms with E-state index in [4.69, 9.17) is 0 Å². The minimum atomic E-state index is -0.954. The first kappa shape index (κ1) is 23.0. The zero-order chi connectivity index (χ0) is 24.4. The Morgan fingerprint density at radius 2 is 1.76 bits per heavy atom. The Morgan fingerprint density at radius 3 is 2.44 bits per heavy atom. The third-order valence-corrected chi connectivity index (χ3v) is 5.14. The van der Waals surface area contributed by atoms with Gasteiger partial charge in [-0.25, -0.2) is 18.2 Å². The van der Waals surface area contributed by atoms with Gasteiger partial charge in [-0.2, -0.15) is 4.98 Å². The number of pyridine rings is 1. The Kier molecular flexibility index (Phi) is 6.31. The molecule has 7 nitrogen and oxygen atoms in total. The van der Waals surface area contributed by atoms with E-state index in [-0.39, 0.29) is 24.0 Å². The summed E-state index contributed by atoms with van der Waals surface area (Å²) in [5.41, 5.74) is -0.0199. The van der Waals surface area contributed by atoms with E-state index in [0.717, 1.165) is 22.8 Å². The number of halogens is 3. The van der Waals surface area contributed by atoms with Gasteiger partial charge in [0.05, 0.1) is 12.2 Å². The predicted octanol–water partition coefficient (Wildman–Crippen LogP) is 3.72. The van der Waals surface area contributed by atoms with Crippen LogP contribution in [0.5, 0.6) is 0 Å². The smallest absolute Gasteiger partial charge is 0.256 e. The molecule has 1 amide bonds. The maximum atomic E-state index is 14.7. The van der Waals surface area contributed by atoms with E-state index in [1.165, 1.54) is 30.3 Å². The fraction of sp³-hybridized carbons (Fsp3) is 0.167. The van der Waals surface area contributed by atoms with Crippen LogP contribution in [0.25, 0.3) is 28.0 Å². The van der Waals surface area contributed by atoms with Gasteiger partial charge in [-0.3, -0.25) is 14.2 Å². The number of likely N-dealkylation sites (N-methyl/N-ethyl adjacent to an activating group) is 1. The minimum Gasteiger partial charge on any atom is -0.355 e. The Bertz CT molecular complexity index is 1450. The Morgan fingerprint density at radius 1 is 1.03 bits per heavy atom. The molecule has 0 saturated heterocycles. The number of carbonyl (C=O) groups is 1. The van der Waals surface area contributed by atoms with Crippen molar-refractivity contribution >= 4 is 22.9 Å². The second-order valence-electron chi connectivity index (χ2n) is 7.48. The van der Waals surface area contributed by atoms with Gasteiger partial charge in [0.25, 0.3) is 5.56 Å². The summed E-state index contributed by atoms with van der Waals surface area (Å²) >= 11 is 0. The molecule has 0 aliphatic heterocycles. The molecule has 2 heterocycles. The summed E-state index contributed by atoms with van der Waals surface area (Å²) in [5, 5.41) is 5.71. The van der Waals surface area contributed by atoms with Crippen LogP contribution in [0.3, 0.4) is 0 Å². The van der Waals surface area contributed by atoms with Gasteiger partial charge >= 0.3 is 0 Å². The van der Waals surface area contributed by atoms with Crippen molar-refractivity contribution < 1.29 is 18.0 Å². The van der Waals surface area contributed by atoms with Crippen molar-refractivity contribution in [3.05, 3.63) is 81.9 Å². The molecule has 10 heteroatoms. The molecule has 2 aromatic heterocycles. The average Bonchev–Trinajstić information content (AvgIpc) is 2.78. The van der Waals surface area contributed by atoms with Gasteiger partial charge in [0.2, 0.25) is 11.9 Å². The lowest BCUT2D eigenvalue weighted by Crippen LogP contribution is -2.30. The molecule has 0 aliphatic carbocycles. The van der Waals surface area contributed by atoms with Crippen molar-refractivity contribution in [3.63, 3.8) is 0 Å². The van der Waals surface area contributed by atoms with E-state index in [1.807, 2.05) is 0 Å². The second kappa shape index (κ2) is 9.34. The molecule has 4 aromatic rings. The highest BCUT2D eigenvalue weighted by Gasteiger charge is 2.20. The lowest BCUT2D eigenvalue weighted by Gasteiger charge is -2.16. The largest absolute Gasteiger partial charge is 0.355 e. The second-order valence-corrected chi connectivity index (χ2v) is 7.48. The Balaban J connectivity index is 2.03. The van der Waals surface area contributed by atoms with Gasteiger partial charge in [0.15, 0.2) is 5.65 Å². The molecule has 0 radical (unpaired) electrons. The highest BCUT2D eigenvalue weighted by Crippen LogP contribution is 2.31. The van der Waals surface area contributed by atoms with Gasteiger partial charge in [0, 0.05) is 23.6 Å². The van der Waals surface area contributed by atoms with E-state index in [1.54, 1.807) is 13.8 Å². The number of amides is 1. The van der Waals surface area contributed by atoms with Crippen LogP contribution < -0.4 is 16.2 Å². The average molecular weight is 467 g/mol. The molecule has 0 bridgehead atoms. The van der Waals surface area contributed by atoms with E-state index >= 15 is 0 Å². The number of hydrogen-bond acceptors (Lipinski definition) is 5. The predicted molar refractivity (Wildman–Crippen MR) is 122 cm³/mol. The third-order valence-electron chi connectivity index (χ3n) is 5.14. The molecule has 0 unspecified atom stereocenters. The molecular weight excluding hydrogens is 447 g/mol. The fourth-order valence-corrected chi connectivity index (χ4v) is 3.63. The van der Waals surface area contributed by atoms with Crippen LogP contribution in [0.2, 0.25) is 0 Å². The molecule has 2 aromatic carbocycles. The number of benzene rings is 2. The lowest BCUT2D eigenvalue weighted by atomic mass is 10.0. The first-order chi connectivity index (χ1) is 16.3. The van der Waals surface area contributed by atoms with Crippen molar-refractivity contribution in [2.45, 2.75) is 13.8 Å². The fourth-order valence-electron chi connectivity index (χ4n) is 3.63. The molecule has 0 saturated carbocycles. The number of rotatable bonds is 6. The van der Waals surface area contributed by atoms with Crippen LogP contribution in [0.15, 0.2) is 53.3 Å². The van der Waals surface area contributed by atoms with Crippen molar-refractivity contribution in [3.8, 4) is 16.9 Å². The van der Waals surface area contributed by atoms with Crippen molar-refractivity contribution in [2.24, 2.45) is 0 Å². The molecule has 4 rings (SSSR count). The Hall–Kier alpha value is -4.21. The lowest BCUT2D eigenvalue weighted by molar-refractivity contribution is -0.119. The summed E-state index contributed by atoms with van der Waals surface area (Å²) in [4.78, 5) is 33.5. The number of anilines is 1. The van der Waals surface area contributed by atoms with E-state index in [9.17, 15) is 22.8 Å². The van der Waals surface area contributed by atoms with Crippen LogP contribution in [0.1, 0.15) is 12.5 Å². The van der Waals surface area contributed by atoms with Crippen LogP contribution in [0, 0.1) is 24.4 Å². The van der Waals surface area contributed by atoms with E-state index in [0.29, 0.717) is 28.8 Å². The molecule has 0 aliphatic rings. The van der Waals surface area contributed by atoms with Gasteiger partial charge in [-0.15, -0.1) is 0 Å². The van der Waals surface area contributed by atoms with E-state index < -0.39 is 28.7 Å². The number of nitrogens with one attached hydrogen (secondary N) is 2. The maximum absolute atomic E-state index is 14.7. The first-order valence-electron chi connectivity index (χ1n) is 10.5. The van der Waals surface area contributed by atoms with Crippen LogP contribution in [-0.2, 0) is 4.79 Å². The summed E-state index contributed by atoms with van der Waals surface area (Å²) in [6.07, 6.45) is 0. The number of hydrogen-bond donors (Lipinski definition) is 2. The zero-order valence-electron chi connectivity index (χ0n) is 18.3. The van der Waals surface area contributed by atoms with Crippen molar-refractivity contribution in [1.29, 1.82) is 0 Å². The number of aryl methyl sites for hydroxylation is 1. The quantitative estimate of drug-likeness (QED) is 0.451. The monoisotopic (exact) mass is 467 g/mol. The van der Waals surface area contributed by atoms with Gasteiger partial charge < -0.3 is 10.6 Å². The highest BCUT2D eigenvalue weighted by molar-refractivity contribution is 5.93. The molecule has 0 fully saturated rings. The number of aromatic nitrogens is 3. The summed E-state index contributed by atoms with van der Waals surface area (Å²) < 4.78 is 43.9. The molecule has 0 spiro atoms. The topological polar surface area (TPSA) is 88.9 Å². The van der Waals surface area contributed by atoms with Crippen LogP contribution >= 0.6 is 0 Å². The first-order valence-corrected chi connectivity index (χ1v) is 10.5.